The van der Waals surface area contributed by atoms with Gasteiger partial charge in [-0.15, -0.1) is 0 Å². The Kier molecular flexibility index (Phi) is 3.41. The Morgan fingerprint density at radius 1 is 1.29 bits per heavy atom. The number of benzene rings is 1. The molecule has 0 aliphatic rings. The van der Waals surface area contributed by atoms with Gasteiger partial charge >= 0.3 is 0 Å². The van der Waals surface area contributed by atoms with Crippen LogP contribution >= 0.6 is 11.6 Å². The number of fused-ring (bicyclic) bond motifs is 1. The Labute approximate surface area is 124 Å². The predicted octanol–water partition coefficient (Wildman–Crippen LogP) is 2.83. The lowest BCUT2D eigenvalue weighted by molar-refractivity contribution is 0.102. The molecule has 5 nitrogen and oxygen atoms in total. The molecule has 2 aromatic heterocycles. The highest BCUT2D eigenvalue weighted by atomic mass is 35.5. The SMILES string of the molecule is O=C(Nc1cccnc1)c1c[nH]c2ccc(Cl)cc2c1=O. The summed E-state index contributed by atoms with van der Waals surface area (Å²) in [5.74, 6) is -0.494. The molecule has 0 spiro atoms. The summed E-state index contributed by atoms with van der Waals surface area (Å²) in [6, 6.07) is 8.30. The Morgan fingerprint density at radius 2 is 2.14 bits per heavy atom. The summed E-state index contributed by atoms with van der Waals surface area (Å²) in [4.78, 5) is 31.3. The summed E-state index contributed by atoms with van der Waals surface area (Å²) in [6.45, 7) is 0. The Balaban J connectivity index is 2.02. The van der Waals surface area contributed by atoms with Gasteiger partial charge in [0.1, 0.15) is 5.56 Å². The second-order valence-electron chi connectivity index (χ2n) is 4.42. The molecule has 2 heterocycles. The van der Waals surface area contributed by atoms with Gasteiger partial charge in [-0.2, -0.15) is 0 Å². The van der Waals surface area contributed by atoms with Gasteiger partial charge < -0.3 is 10.3 Å². The normalized spacial score (nSPS) is 10.5. The van der Waals surface area contributed by atoms with Crippen LogP contribution in [0.2, 0.25) is 5.02 Å². The smallest absolute Gasteiger partial charge is 0.261 e. The molecule has 3 rings (SSSR count). The number of H-pyrrole nitrogens is 1. The van der Waals surface area contributed by atoms with Crippen molar-refractivity contribution in [3.05, 3.63) is 69.7 Å². The van der Waals surface area contributed by atoms with Gasteiger partial charge in [0.05, 0.1) is 11.9 Å². The molecule has 21 heavy (non-hydrogen) atoms. The van der Waals surface area contributed by atoms with E-state index in [0.29, 0.717) is 21.6 Å². The van der Waals surface area contributed by atoms with Gasteiger partial charge in [0.2, 0.25) is 5.43 Å². The van der Waals surface area contributed by atoms with E-state index in [0.717, 1.165) is 0 Å². The van der Waals surface area contributed by atoms with Crippen LogP contribution in [0.25, 0.3) is 10.9 Å². The van der Waals surface area contributed by atoms with E-state index in [9.17, 15) is 9.59 Å². The van der Waals surface area contributed by atoms with Crippen molar-refractivity contribution in [3.8, 4) is 0 Å². The zero-order chi connectivity index (χ0) is 14.8. The van der Waals surface area contributed by atoms with E-state index in [1.54, 1.807) is 30.5 Å². The van der Waals surface area contributed by atoms with Gasteiger partial charge in [0.25, 0.3) is 5.91 Å². The number of nitrogens with zero attached hydrogens (tertiary/aromatic N) is 1. The molecule has 1 aromatic carbocycles. The number of anilines is 1. The van der Waals surface area contributed by atoms with Crippen molar-refractivity contribution in [1.29, 1.82) is 0 Å². The highest BCUT2D eigenvalue weighted by Gasteiger charge is 2.13. The molecule has 0 bridgehead atoms. The standard InChI is InChI=1S/C15H10ClN3O2/c16-9-3-4-13-11(6-9)14(20)12(8-18-13)15(21)19-10-2-1-5-17-7-10/h1-8H,(H,18,20)(H,19,21). The van der Waals surface area contributed by atoms with Crippen LogP contribution in [0, 0.1) is 0 Å². The van der Waals surface area contributed by atoms with E-state index in [1.165, 1.54) is 18.5 Å². The molecule has 0 saturated carbocycles. The van der Waals surface area contributed by atoms with Crippen molar-refractivity contribution in [3.63, 3.8) is 0 Å². The number of pyridine rings is 2. The molecule has 0 unspecified atom stereocenters. The average molecular weight is 300 g/mol. The third-order valence-electron chi connectivity index (χ3n) is 3.01. The summed E-state index contributed by atoms with van der Waals surface area (Å²) in [6.07, 6.45) is 4.49. The number of hydrogen-bond donors (Lipinski definition) is 2. The largest absolute Gasteiger partial charge is 0.360 e. The van der Waals surface area contributed by atoms with E-state index in [-0.39, 0.29) is 11.0 Å². The fourth-order valence-electron chi connectivity index (χ4n) is 1.99. The number of carbonyl (C=O) groups excluding carboxylic acids is 1. The van der Waals surface area contributed by atoms with Gasteiger partial charge in [0, 0.05) is 28.3 Å². The molecule has 6 heteroatoms. The number of rotatable bonds is 2. The maximum Gasteiger partial charge on any atom is 0.261 e. The van der Waals surface area contributed by atoms with Gasteiger partial charge in [-0.3, -0.25) is 14.6 Å². The first-order valence-corrected chi connectivity index (χ1v) is 6.55. The first-order valence-electron chi connectivity index (χ1n) is 6.17. The number of carbonyl (C=O) groups is 1. The minimum Gasteiger partial charge on any atom is -0.360 e. The van der Waals surface area contributed by atoms with Crippen LogP contribution in [0.1, 0.15) is 10.4 Å². The minimum absolute atomic E-state index is 0.0219. The average Bonchev–Trinajstić information content (AvgIpc) is 2.49. The van der Waals surface area contributed by atoms with Gasteiger partial charge in [0.15, 0.2) is 0 Å². The second kappa shape index (κ2) is 5.38. The highest BCUT2D eigenvalue weighted by Crippen LogP contribution is 2.15. The molecule has 0 radical (unpaired) electrons. The molecule has 2 N–H and O–H groups in total. The van der Waals surface area contributed by atoms with Crippen molar-refractivity contribution in [2.24, 2.45) is 0 Å². The number of aromatic nitrogens is 2. The van der Waals surface area contributed by atoms with Crippen LogP contribution in [-0.2, 0) is 0 Å². The van der Waals surface area contributed by atoms with E-state index in [1.807, 2.05) is 0 Å². The van der Waals surface area contributed by atoms with Crippen LogP contribution in [0.5, 0.6) is 0 Å². The molecule has 0 aliphatic carbocycles. The highest BCUT2D eigenvalue weighted by molar-refractivity contribution is 6.31. The lowest BCUT2D eigenvalue weighted by Gasteiger charge is -2.05. The van der Waals surface area contributed by atoms with Crippen molar-refractivity contribution >= 4 is 34.1 Å². The molecular formula is C15H10ClN3O2. The summed E-state index contributed by atoms with van der Waals surface area (Å²) < 4.78 is 0. The van der Waals surface area contributed by atoms with E-state index in [4.69, 9.17) is 11.6 Å². The maximum absolute atomic E-state index is 12.4. The zero-order valence-corrected chi connectivity index (χ0v) is 11.5. The fourth-order valence-corrected chi connectivity index (χ4v) is 2.17. The second-order valence-corrected chi connectivity index (χ2v) is 4.85. The number of hydrogen-bond acceptors (Lipinski definition) is 3. The first kappa shape index (κ1) is 13.3. The molecular weight excluding hydrogens is 290 g/mol. The van der Waals surface area contributed by atoms with Gasteiger partial charge in [-0.1, -0.05) is 11.6 Å². The first-order chi connectivity index (χ1) is 10.1. The van der Waals surface area contributed by atoms with Crippen molar-refractivity contribution in [1.82, 2.24) is 9.97 Å². The van der Waals surface area contributed by atoms with Gasteiger partial charge in [-0.25, -0.2) is 0 Å². The third-order valence-corrected chi connectivity index (χ3v) is 3.24. The van der Waals surface area contributed by atoms with Crippen LogP contribution in [0.3, 0.4) is 0 Å². The maximum atomic E-state index is 12.4. The lowest BCUT2D eigenvalue weighted by atomic mass is 10.1. The fraction of sp³-hybridized carbons (Fsp3) is 0. The molecule has 1 amide bonds. The number of amides is 1. The Morgan fingerprint density at radius 3 is 2.90 bits per heavy atom. The van der Waals surface area contributed by atoms with E-state index in [2.05, 4.69) is 15.3 Å². The zero-order valence-electron chi connectivity index (χ0n) is 10.8. The Bertz CT molecular complexity index is 875. The number of nitrogens with one attached hydrogen (secondary N) is 2. The lowest BCUT2D eigenvalue weighted by Crippen LogP contribution is -2.21. The summed E-state index contributed by atoms with van der Waals surface area (Å²) in [5.41, 5.74) is 0.802. The van der Waals surface area contributed by atoms with Crippen LogP contribution in [0.15, 0.2) is 53.7 Å². The van der Waals surface area contributed by atoms with E-state index < -0.39 is 5.91 Å². The predicted molar refractivity (Wildman–Crippen MR) is 81.8 cm³/mol. The van der Waals surface area contributed by atoms with Gasteiger partial charge in [-0.05, 0) is 30.3 Å². The van der Waals surface area contributed by atoms with E-state index >= 15 is 0 Å². The Hall–Kier alpha value is -2.66. The van der Waals surface area contributed by atoms with Crippen molar-refractivity contribution < 1.29 is 4.79 Å². The van der Waals surface area contributed by atoms with Crippen LogP contribution in [0.4, 0.5) is 5.69 Å². The molecule has 0 saturated heterocycles. The van der Waals surface area contributed by atoms with Crippen LogP contribution in [-0.4, -0.2) is 15.9 Å². The number of aromatic amines is 1. The van der Waals surface area contributed by atoms with Crippen molar-refractivity contribution in [2.75, 3.05) is 5.32 Å². The molecule has 104 valence electrons. The molecule has 0 atom stereocenters. The third kappa shape index (κ3) is 2.64. The minimum atomic E-state index is -0.494. The van der Waals surface area contributed by atoms with Crippen molar-refractivity contribution in [2.45, 2.75) is 0 Å². The topological polar surface area (TPSA) is 74.8 Å². The molecule has 0 aliphatic heterocycles. The summed E-state index contributed by atoms with van der Waals surface area (Å²) in [7, 11) is 0. The monoisotopic (exact) mass is 299 g/mol. The molecule has 3 aromatic rings. The molecule has 0 fully saturated rings. The van der Waals surface area contributed by atoms with Crippen LogP contribution < -0.4 is 10.7 Å². The summed E-state index contributed by atoms with van der Waals surface area (Å²) in [5, 5.41) is 3.44. The quantitative estimate of drug-likeness (QED) is 0.764. The number of halogens is 1. The summed E-state index contributed by atoms with van der Waals surface area (Å²) >= 11 is 5.89.